The quantitative estimate of drug-likeness (QED) is 0.351. The smallest absolute Gasteiger partial charge is 0.402 e. The molecule has 3 nitrogen and oxygen atoms in total. The minimum atomic E-state index is -1.93. The summed E-state index contributed by atoms with van der Waals surface area (Å²) in [7, 11) is -1.93. The van der Waals surface area contributed by atoms with E-state index in [9.17, 15) is 10.0 Å². The molecule has 1 atom stereocenters. The zero-order chi connectivity index (χ0) is 20.8. The van der Waals surface area contributed by atoms with Gasteiger partial charge in [0.2, 0.25) is 0 Å². The van der Waals surface area contributed by atoms with Crippen LogP contribution in [0.1, 0.15) is 28.4 Å². The van der Waals surface area contributed by atoms with E-state index >= 15 is 0 Å². The Balaban J connectivity index is 2.10. The fourth-order valence-electron chi connectivity index (χ4n) is 4.24. The molecule has 0 amide bonds. The van der Waals surface area contributed by atoms with Crippen LogP contribution in [-0.4, -0.2) is 17.4 Å². The van der Waals surface area contributed by atoms with Crippen LogP contribution in [0.25, 0.3) is 0 Å². The molecule has 0 heterocycles. The predicted octanol–water partition coefficient (Wildman–Crippen LogP) is 4.75. The fraction of sp³-hybridized carbons (Fsp3) is 0.0769. The lowest BCUT2D eigenvalue weighted by molar-refractivity contribution is 0.0824. The van der Waals surface area contributed by atoms with Crippen LogP contribution in [0.3, 0.4) is 0 Å². The molecule has 0 aliphatic heterocycles. The second kappa shape index (κ2) is 9.10. The van der Waals surface area contributed by atoms with Crippen LogP contribution in [-0.2, 0) is 10.1 Å². The largest absolute Gasteiger partial charge is 0.634 e. The highest BCUT2D eigenvalue weighted by Gasteiger charge is 2.46. The molecule has 4 heteroatoms. The maximum absolute atomic E-state index is 9.92. The van der Waals surface area contributed by atoms with Gasteiger partial charge in [-0.3, -0.25) is 0 Å². The third kappa shape index (κ3) is 3.81. The summed E-state index contributed by atoms with van der Waals surface area (Å²) in [6.07, 6.45) is -0.689. The summed E-state index contributed by atoms with van der Waals surface area (Å²) in [6.45, 7) is 0. The Bertz CT molecular complexity index is 942. The van der Waals surface area contributed by atoms with Crippen molar-refractivity contribution < 1.29 is 14.7 Å². The van der Waals surface area contributed by atoms with Gasteiger partial charge in [-0.25, -0.2) is 0 Å². The van der Waals surface area contributed by atoms with Crippen LogP contribution in [0.15, 0.2) is 121 Å². The zero-order valence-corrected chi connectivity index (χ0v) is 16.5. The monoisotopic (exact) mass is 394 g/mol. The van der Waals surface area contributed by atoms with Crippen molar-refractivity contribution in [1.82, 2.24) is 0 Å². The van der Waals surface area contributed by atoms with Crippen molar-refractivity contribution in [3.63, 3.8) is 0 Å². The molecule has 0 aliphatic rings. The number of rotatable bonds is 7. The van der Waals surface area contributed by atoms with Gasteiger partial charge >= 0.3 is 7.32 Å². The van der Waals surface area contributed by atoms with Gasteiger partial charge in [0.25, 0.3) is 0 Å². The highest BCUT2D eigenvalue weighted by Crippen LogP contribution is 2.50. The minimum absolute atomic E-state index is 0.689. The summed E-state index contributed by atoms with van der Waals surface area (Å²) in [4.78, 5) is 0. The predicted molar refractivity (Wildman–Crippen MR) is 120 cm³/mol. The molecule has 1 unspecified atom stereocenters. The van der Waals surface area contributed by atoms with Crippen LogP contribution in [0.5, 0.6) is 0 Å². The first kappa shape index (κ1) is 20.1. The van der Waals surface area contributed by atoms with E-state index in [1.54, 1.807) is 0 Å². The molecule has 0 saturated heterocycles. The summed E-state index contributed by atoms with van der Waals surface area (Å²) in [6, 6.07) is 39.9. The SMILES string of the molecule is OB(O)OC(c1ccccc1)C(c1ccccc1)(c1ccccc1)c1ccccc1. The Labute approximate surface area is 177 Å². The first-order valence-corrected chi connectivity index (χ1v) is 9.96. The molecule has 4 aromatic rings. The topological polar surface area (TPSA) is 49.7 Å². The van der Waals surface area contributed by atoms with Crippen LogP contribution >= 0.6 is 0 Å². The van der Waals surface area contributed by atoms with Gasteiger partial charge in [-0.05, 0) is 22.3 Å². The van der Waals surface area contributed by atoms with Gasteiger partial charge in [-0.1, -0.05) is 121 Å². The Morgan fingerprint density at radius 1 is 0.533 bits per heavy atom. The van der Waals surface area contributed by atoms with Crippen LogP contribution < -0.4 is 0 Å². The second-order valence-corrected chi connectivity index (χ2v) is 7.16. The Morgan fingerprint density at radius 2 is 0.867 bits per heavy atom. The Kier molecular flexibility index (Phi) is 6.10. The van der Waals surface area contributed by atoms with Crippen molar-refractivity contribution in [3.05, 3.63) is 144 Å². The zero-order valence-electron chi connectivity index (χ0n) is 16.5. The van der Waals surface area contributed by atoms with Crippen molar-refractivity contribution in [2.45, 2.75) is 11.5 Å². The van der Waals surface area contributed by atoms with Gasteiger partial charge in [-0.15, -0.1) is 0 Å². The highest BCUT2D eigenvalue weighted by atomic mass is 16.6. The molecule has 0 saturated carbocycles. The normalized spacial score (nSPS) is 12.3. The first-order chi connectivity index (χ1) is 14.7. The van der Waals surface area contributed by atoms with Gasteiger partial charge in [0.05, 0.1) is 11.5 Å². The molecule has 4 rings (SSSR count). The van der Waals surface area contributed by atoms with E-state index in [-0.39, 0.29) is 0 Å². The highest BCUT2D eigenvalue weighted by molar-refractivity contribution is 6.32. The van der Waals surface area contributed by atoms with E-state index in [4.69, 9.17) is 4.65 Å². The van der Waals surface area contributed by atoms with Crippen molar-refractivity contribution in [3.8, 4) is 0 Å². The molecule has 4 aromatic carbocycles. The summed E-state index contributed by atoms with van der Waals surface area (Å²) in [5.41, 5.74) is 3.03. The molecule has 0 fully saturated rings. The summed E-state index contributed by atoms with van der Waals surface area (Å²) in [5, 5.41) is 19.8. The molecule has 148 valence electrons. The molecule has 0 aromatic heterocycles. The van der Waals surface area contributed by atoms with Gasteiger partial charge < -0.3 is 14.7 Å². The van der Waals surface area contributed by atoms with Crippen molar-refractivity contribution in [1.29, 1.82) is 0 Å². The van der Waals surface area contributed by atoms with E-state index in [1.165, 1.54) is 0 Å². The van der Waals surface area contributed by atoms with Crippen LogP contribution in [0.2, 0.25) is 0 Å². The van der Waals surface area contributed by atoms with Gasteiger partial charge in [0, 0.05) is 0 Å². The number of benzene rings is 4. The fourth-order valence-corrected chi connectivity index (χ4v) is 4.24. The Morgan fingerprint density at radius 3 is 1.20 bits per heavy atom. The molecule has 30 heavy (non-hydrogen) atoms. The van der Waals surface area contributed by atoms with E-state index in [2.05, 4.69) is 36.4 Å². The van der Waals surface area contributed by atoms with Crippen molar-refractivity contribution >= 4 is 7.32 Å². The third-order valence-electron chi connectivity index (χ3n) is 5.44. The minimum Gasteiger partial charge on any atom is -0.402 e. The van der Waals surface area contributed by atoms with E-state index in [1.807, 2.05) is 84.9 Å². The number of hydrogen-bond acceptors (Lipinski definition) is 3. The average molecular weight is 394 g/mol. The van der Waals surface area contributed by atoms with E-state index in [0.717, 1.165) is 22.3 Å². The summed E-state index contributed by atoms with van der Waals surface area (Å²) >= 11 is 0. The van der Waals surface area contributed by atoms with E-state index in [0.29, 0.717) is 0 Å². The standard InChI is InChI=1S/C26H23BO3/c28-27(29)30-25(21-13-5-1-6-14-21)26(22-15-7-2-8-16-22,23-17-9-3-10-18-23)24-19-11-4-12-20-24/h1-20,25,28-29H. The van der Waals surface area contributed by atoms with Gasteiger partial charge in [0.15, 0.2) is 0 Å². The maximum atomic E-state index is 9.92. The molecular weight excluding hydrogens is 371 g/mol. The molecule has 0 spiro atoms. The molecule has 0 radical (unpaired) electrons. The van der Waals surface area contributed by atoms with Gasteiger partial charge in [-0.2, -0.15) is 0 Å². The lowest BCUT2D eigenvalue weighted by Crippen LogP contribution is -2.40. The second-order valence-electron chi connectivity index (χ2n) is 7.16. The van der Waals surface area contributed by atoms with Gasteiger partial charge in [0.1, 0.15) is 0 Å². The third-order valence-corrected chi connectivity index (χ3v) is 5.44. The summed E-state index contributed by atoms with van der Waals surface area (Å²) in [5.74, 6) is 0. The van der Waals surface area contributed by atoms with E-state index < -0.39 is 18.8 Å². The lowest BCUT2D eigenvalue weighted by atomic mass is 9.64. The average Bonchev–Trinajstić information content (AvgIpc) is 2.81. The van der Waals surface area contributed by atoms with Crippen LogP contribution in [0, 0.1) is 0 Å². The molecule has 2 N–H and O–H groups in total. The molecular formula is C26H23BO3. The molecule has 0 bridgehead atoms. The maximum Gasteiger partial charge on any atom is 0.634 e. The van der Waals surface area contributed by atoms with Crippen molar-refractivity contribution in [2.75, 3.05) is 0 Å². The van der Waals surface area contributed by atoms with Crippen molar-refractivity contribution in [2.24, 2.45) is 0 Å². The Hall–Kier alpha value is -3.18. The van der Waals surface area contributed by atoms with Crippen LogP contribution in [0.4, 0.5) is 0 Å². The first-order valence-electron chi connectivity index (χ1n) is 9.96. The number of hydrogen-bond donors (Lipinski definition) is 2. The summed E-state index contributed by atoms with van der Waals surface area (Å²) < 4.78 is 5.88. The lowest BCUT2D eigenvalue weighted by Gasteiger charge is -2.43. The molecule has 0 aliphatic carbocycles.